The zero-order valence-corrected chi connectivity index (χ0v) is 15.5. The molecule has 0 aliphatic heterocycles. The van der Waals surface area contributed by atoms with Crippen LogP contribution in [0.2, 0.25) is 0 Å². The molecule has 0 aromatic carbocycles. The highest BCUT2D eigenvalue weighted by atomic mass is 79.9. The summed E-state index contributed by atoms with van der Waals surface area (Å²) in [5.41, 5.74) is 0. The third kappa shape index (κ3) is 4.04. The van der Waals surface area contributed by atoms with Gasteiger partial charge in [0.1, 0.15) is 10.7 Å². The standard InChI is InChI=1S/C13H21BrN2O3S2/c1-15-8-10-7-11(12(14)19-10)21(17,18)16-9-13(20-2)5-3-4-6-13/h7,15-16H,3-6,8-9H2,1-2H3. The number of sulfonamides is 1. The topological polar surface area (TPSA) is 71.3 Å². The van der Waals surface area contributed by atoms with Crippen molar-refractivity contribution in [1.82, 2.24) is 10.0 Å². The van der Waals surface area contributed by atoms with Crippen molar-refractivity contribution in [3.05, 3.63) is 16.5 Å². The predicted octanol–water partition coefficient (Wildman–Crippen LogP) is 2.72. The molecule has 120 valence electrons. The Labute approximate surface area is 138 Å². The van der Waals surface area contributed by atoms with E-state index in [2.05, 4.69) is 32.2 Å². The fourth-order valence-corrected chi connectivity index (χ4v) is 5.75. The first kappa shape index (κ1) is 17.3. The molecule has 1 aromatic rings. The number of thioether (sulfide) groups is 1. The molecule has 2 N–H and O–H groups in total. The Morgan fingerprint density at radius 3 is 2.67 bits per heavy atom. The molecule has 0 spiro atoms. The molecule has 1 fully saturated rings. The first-order valence-corrected chi connectivity index (χ1v) is 10.4. The first-order valence-electron chi connectivity index (χ1n) is 6.90. The van der Waals surface area contributed by atoms with Gasteiger partial charge < -0.3 is 9.73 Å². The highest BCUT2D eigenvalue weighted by Gasteiger charge is 2.35. The Hall–Kier alpha value is -0.0200. The van der Waals surface area contributed by atoms with Gasteiger partial charge in [0.2, 0.25) is 10.0 Å². The number of halogens is 1. The van der Waals surface area contributed by atoms with Gasteiger partial charge in [-0.3, -0.25) is 0 Å². The van der Waals surface area contributed by atoms with Gasteiger partial charge >= 0.3 is 0 Å². The monoisotopic (exact) mass is 396 g/mol. The summed E-state index contributed by atoms with van der Waals surface area (Å²) in [6.45, 7) is 0.957. The maximum atomic E-state index is 12.5. The maximum absolute atomic E-state index is 12.5. The molecule has 21 heavy (non-hydrogen) atoms. The second kappa shape index (κ2) is 7.04. The van der Waals surface area contributed by atoms with Crippen LogP contribution in [-0.2, 0) is 16.6 Å². The quantitative estimate of drug-likeness (QED) is 0.740. The summed E-state index contributed by atoms with van der Waals surface area (Å²) in [7, 11) is -1.77. The smallest absolute Gasteiger partial charge is 0.245 e. The van der Waals surface area contributed by atoms with Gasteiger partial charge in [0.25, 0.3) is 0 Å². The fourth-order valence-electron chi connectivity index (χ4n) is 2.62. The second-order valence-electron chi connectivity index (χ2n) is 5.30. The van der Waals surface area contributed by atoms with Gasteiger partial charge in [0.05, 0.1) is 6.54 Å². The van der Waals surface area contributed by atoms with Gasteiger partial charge in [0.15, 0.2) is 4.67 Å². The Kier molecular flexibility index (Phi) is 5.81. The number of hydrogen-bond donors (Lipinski definition) is 2. The molecule has 0 atom stereocenters. The summed E-state index contributed by atoms with van der Waals surface area (Å²) >= 11 is 4.95. The normalized spacial score (nSPS) is 18.2. The number of furan rings is 1. The number of hydrogen-bond acceptors (Lipinski definition) is 5. The van der Waals surface area contributed by atoms with Crippen LogP contribution in [0.4, 0.5) is 0 Å². The van der Waals surface area contributed by atoms with Gasteiger partial charge in [-0.2, -0.15) is 11.8 Å². The van der Waals surface area contributed by atoms with Crippen molar-refractivity contribution in [2.24, 2.45) is 0 Å². The summed E-state index contributed by atoms with van der Waals surface area (Å²) in [6, 6.07) is 1.56. The fraction of sp³-hybridized carbons (Fsp3) is 0.692. The molecule has 1 heterocycles. The molecular weight excluding hydrogens is 376 g/mol. The third-order valence-corrected chi connectivity index (χ3v) is 7.56. The van der Waals surface area contributed by atoms with Crippen molar-refractivity contribution in [2.75, 3.05) is 19.8 Å². The molecule has 5 nitrogen and oxygen atoms in total. The van der Waals surface area contributed by atoms with Crippen molar-refractivity contribution in [3.8, 4) is 0 Å². The van der Waals surface area contributed by atoms with E-state index in [0.717, 1.165) is 12.8 Å². The highest BCUT2D eigenvalue weighted by Crippen LogP contribution is 2.40. The van der Waals surface area contributed by atoms with Crippen molar-refractivity contribution in [1.29, 1.82) is 0 Å². The molecule has 1 aliphatic rings. The molecule has 0 radical (unpaired) electrons. The largest absolute Gasteiger partial charge is 0.452 e. The van der Waals surface area contributed by atoms with E-state index >= 15 is 0 Å². The Morgan fingerprint density at radius 2 is 2.10 bits per heavy atom. The van der Waals surface area contributed by atoms with Gasteiger partial charge in [-0.15, -0.1) is 0 Å². The van der Waals surface area contributed by atoms with Crippen LogP contribution in [0.15, 0.2) is 20.0 Å². The SMILES string of the molecule is CNCc1cc(S(=O)(=O)NCC2(SC)CCCC2)c(Br)o1. The van der Waals surface area contributed by atoms with Crippen molar-refractivity contribution < 1.29 is 12.8 Å². The summed E-state index contributed by atoms with van der Waals surface area (Å²) in [5.74, 6) is 0.588. The number of nitrogens with one attached hydrogen (secondary N) is 2. The molecule has 1 saturated carbocycles. The molecular formula is C13H21BrN2O3S2. The Morgan fingerprint density at radius 1 is 1.43 bits per heavy atom. The van der Waals surface area contributed by atoms with Crippen LogP contribution in [0.3, 0.4) is 0 Å². The molecule has 0 saturated heterocycles. The third-order valence-electron chi connectivity index (χ3n) is 3.88. The van der Waals surface area contributed by atoms with E-state index in [9.17, 15) is 8.42 Å². The van der Waals surface area contributed by atoms with Crippen LogP contribution in [0.1, 0.15) is 31.4 Å². The lowest BCUT2D eigenvalue weighted by Crippen LogP contribution is -2.38. The summed E-state index contributed by atoms with van der Waals surface area (Å²) in [4.78, 5) is 0.169. The van der Waals surface area contributed by atoms with E-state index in [1.807, 2.05) is 0 Å². The lowest BCUT2D eigenvalue weighted by molar-refractivity contribution is 0.469. The maximum Gasteiger partial charge on any atom is 0.245 e. The molecule has 8 heteroatoms. The van der Waals surface area contributed by atoms with Crippen molar-refractivity contribution in [2.45, 2.75) is 41.9 Å². The zero-order valence-electron chi connectivity index (χ0n) is 12.2. The van der Waals surface area contributed by atoms with Crippen LogP contribution in [0.5, 0.6) is 0 Å². The number of rotatable bonds is 7. The average Bonchev–Trinajstić information content (AvgIpc) is 3.05. The van der Waals surface area contributed by atoms with Gasteiger partial charge in [-0.25, -0.2) is 13.1 Å². The van der Waals surface area contributed by atoms with Gasteiger partial charge in [-0.1, -0.05) is 12.8 Å². The van der Waals surface area contributed by atoms with Gasteiger partial charge in [0, 0.05) is 17.4 Å². The van der Waals surface area contributed by atoms with E-state index in [-0.39, 0.29) is 14.3 Å². The van der Waals surface area contributed by atoms with E-state index in [1.165, 1.54) is 12.8 Å². The van der Waals surface area contributed by atoms with Crippen molar-refractivity contribution in [3.63, 3.8) is 0 Å². The molecule has 1 aliphatic carbocycles. The lowest BCUT2D eigenvalue weighted by Gasteiger charge is -2.26. The Bertz CT molecular complexity index is 580. The second-order valence-corrected chi connectivity index (χ2v) is 9.03. The van der Waals surface area contributed by atoms with Gasteiger partial charge in [-0.05, 0) is 42.1 Å². The molecule has 0 bridgehead atoms. The molecule has 0 unspecified atom stereocenters. The van der Waals surface area contributed by atoms with Crippen LogP contribution in [-0.4, -0.2) is 33.0 Å². The molecule has 2 rings (SSSR count). The van der Waals surface area contributed by atoms with E-state index in [1.54, 1.807) is 24.9 Å². The van der Waals surface area contributed by atoms with Crippen LogP contribution in [0.25, 0.3) is 0 Å². The highest BCUT2D eigenvalue weighted by molar-refractivity contribution is 9.10. The van der Waals surface area contributed by atoms with Crippen LogP contribution < -0.4 is 10.0 Å². The minimum atomic E-state index is -3.56. The molecule has 1 aromatic heterocycles. The summed E-state index contributed by atoms with van der Waals surface area (Å²) in [6.07, 6.45) is 6.52. The van der Waals surface area contributed by atoms with E-state index in [4.69, 9.17) is 4.42 Å². The average molecular weight is 397 g/mol. The van der Waals surface area contributed by atoms with Crippen LogP contribution >= 0.6 is 27.7 Å². The van der Waals surface area contributed by atoms with Crippen molar-refractivity contribution >= 4 is 37.7 Å². The predicted molar refractivity (Wildman–Crippen MR) is 89.1 cm³/mol. The summed E-state index contributed by atoms with van der Waals surface area (Å²) in [5, 5.41) is 2.93. The molecule has 0 amide bonds. The Balaban J connectivity index is 2.11. The minimum Gasteiger partial charge on any atom is -0.452 e. The van der Waals surface area contributed by atoms with E-state index in [0.29, 0.717) is 18.8 Å². The van der Waals surface area contributed by atoms with E-state index < -0.39 is 10.0 Å². The lowest BCUT2D eigenvalue weighted by atomic mass is 10.1. The summed E-state index contributed by atoms with van der Waals surface area (Å²) < 4.78 is 33.3. The first-order chi connectivity index (χ1) is 9.92. The van der Waals surface area contributed by atoms with Crippen LogP contribution in [0, 0.1) is 0 Å². The minimum absolute atomic E-state index is 0.0388. The zero-order chi connectivity index (χ0) is 15.5.